The lowest BCUT2D eigenvalue weighted by Gasteiger charge is -2.16. The van der Waals surface area contributed by atoms with E-state index in [0.717, 1.165) is 18.9 Å². The second-order valence-corrected chi connectivity index (χ2v) is 4.46. The van der Waals surface area contributed by atoms with Crippen LogP contribution in [0.4, 0.5) is 0 Å². The molecule has 0 saturated carbocycles. The fourth-order valence-corrected chi connectivity index (χ4v) is 2.27. The van der Waals surface area contributed by atoms with Crippen LogP contribution in [0.15, 0.2) is 30.3 Å². The Bertz CT molecular complexity index is 268. The van der Waals surface area contributed by atoms with E-state index in [1.165, 1.54) is 0 Å². The van der Waals surface area contributed by atoms with Crippen LogP contribution >= 0.6 is 8.53 Å². The van der Waals surface area contributed by atoms with Gasteiger partial charge in [0.1, 0.15) is 5.75 Å². The highest BCUT2D eigenvalue weighted by molar-refractivity contribution is 7.45. The fourth-order valence-electron chi connectivity index (χ4n) is 1.10. The normalized spacial score (nSPS) is 23.3. The Morgan fingerprint density at radius 1 is 1.38 bits per heavy atom. The van der Waals surface area contributed by atoms with Crippen LogP contribution in [0.3, 0.4) is 0 Å². The lowest BCUT2D eigenvalue weighted by molar-refractivity contribution is 0.359. The lowest BCUT2D eigenvalue weighted by atomic mass is 10.3. The summed E-state index contributed by atoms with van der Waals surface area (Å²) in [6.07, 6.45) is 0. The topological polar surface area (TPSA) is 21.7 Å². The van der Waals surface area contributed by atoms with Crippen LogP contribution in [-0.2, 0) is 4.52 Å². The van der Waals surface area contributed by atoms with Crippen LogP contribution in [0, 0.1) is 0 Å². The molecule has 70 valence electrons. The van der Waals surface area contributed by atoms with E-state index < -0.39 is 8.53 Å². The standard InChI is InChI=1S/C9H12NO2P/c1-10-7-8-11-13(10)12-9-5-3-2-4-6-9/h2-6H,7-8H2,1H3. The summed E-state index contributed by atoms with van der Waals surface area (Å²) in [6.45, 7) is 1.73. The highest BCUT2D eigenvalue weighted by Gasteiger charge is 2.25. The summed E-state index contributed by atoms with van der Waals surface area (Å²) in [7, 11) is 1.17. The van der Waals surface area contributed by atoms with Gasteiger partial charge in [-0.25, -0.2) is 4.67 Å². The minimum atomic E-state index is -0.849. The molecule has 1 aliphatic rings. The zero-order chi connectivity index (χ0) is 9.10. The number of para-hydroxylation sites is 1. The largest absolute Gasteiger partial charge is 0.436 e. The molecule has 13 heavy (non-hydrogen) atoms. The second kappa shape index (κ2) is 4.05. The summed E-state index contributed by atoms with van der Waals surface area (Å²) >= 11 is 0. The van der Waals surface area contributed by atoms with Crippen molar-refractivity contribution in [1.82, 2.24) is 4.67 Å². The molecule has 0 N–H and O–H groups in total. The Morgan fingerprint density at radius 3 is 2.77 bits per heavy atom. The molecule has 0 radical (unpaired) electrons. The first-order valence-corrected chi connectivity index (χ1v) is 5.36. The molecule has 0 aromatic heterocycles. The molecule has 0 spiro atoms. The Hall–Kier alpha value is -0.630. The minimum absolute atomic E-state index is 0.773. The smallest absolute Gasteiger partial charge is 0.320 e. The summed E-state index contributed by atoms with van der Waals surface area (Å²) in [6, 6.07) is 9.77. The van der Waals surface area contributed by atoms with E-state index in [9.17, 15) is 0 Å². The van der Waals surface area contributed by atoms with E-state index in [4.69, 9.17) is 9.05 Å². The number of rotatable bonds is 2. The van der Waals surface area contributed by atoms with E-state index in [1.54, 1.807) is 0 Å². The minimum Gasteiger partial charge on any atom is -0.436 e. The molecule has 1 saturated heterocycles. The zero-order valence-electron chi connectivity index (χ0n) is 7.51. The van der Waals surface area contributed by atoms with Crippen LogP contribution in [-0.4, -0.2) is 24.9 Å². The van der Waals surface area contributed by atoms with Gasteiger partial charge < -0.3 is 9.05 Å². The fraction of sp³-hybridized carbons (Fsp3) is 0.333. The second-order valence-electron chi connectivity index (χ2n) is 2.86. The SMILES string of the molecule is CN1CCOP1Oc1ccccc1. The molecule has 0 bridgehead atoms. The summed E-state index contributed by atoms with van der Waals surface area (Å²) in [5.41, 5.74) is 0. The molecule has 3 nitrogen and oxygen atoms in total. The van der Waals surface area contributed by atoms with E-state index in [-0.39, 0.29) is 0 Å². The number of likely N-dealkylation sites (N-methyl/N-ethyl adjacent to an activating group) is 1. The van der Waals surface area contributed by atoms with E-state index in [0.29, 0.717) is 0 Å². The molecule has 2 rings (SSSR count). The maximum Gasteiger partial charge on any atom is 0.320 e. The van der Waals surface area contributed by atoms with Gasteiger partial charge in [0.05, 0.1) is 6.61 Å². The number of hydrogen-bond donors (Lipinski definition) is 0. The molecule has 1 heterocycles. The van der Waals surface area contributed by atoms with E-state index >= 15 is 0 Å². The Labute approximate surface area is 79.2 Å². The molecule has 0 amide bonds. The monoisotopic (exact) mass is 197 g/mol. The lowest BCUT2D eigenvalue weighted by Crippen LogP contribution is -2.08. The maximum absolute atomic E-state index is 5.66. The molecular weight excluding hydrogens is 185 g/mol. The molecule has 1 atom stereocenters. The maximum atomic E-state index is 5.66. The Morgan fingerprint density at radius 2 is 2.15 bits per heavy atom. The van der Waals surface area contributed by atoms with Crippen molar-refractivity contribution in [3.8, 4) is 5.75 Å². The van der Waals surface area contributed by atoms with Gasteiger partial charge in [0.15, 0.2) is 0 Å². The molecule has 1 aromatic carbocycles. The predicted molar refractivity (Wildman–Crippen MR) is 52.6 cm³/mol. The Balaban J connectivity index is 1.98. The quantitative estimate of drug-likeness (QED) is 0.679. The first-order valence-electron chi connectivity index (χ1n) is 4.23. The number of benzene rings is 1. The molecule has 1 aliphatic heterocycles. The van der Waals surface area contributed by atoms with Gasteiger partial charge >= 0.3 is 8.53 Å². The summed E-state index contributed by atoms with van der Waals surface area (Å²) < 4.78 is 13.2. The van der Waals surface area contributed by atoms with Crippen molar-refractivity contribution in [1.29, 1.82) is 0 Å². The van der Waals surface area contributed by atoms with Gasteiger partial charge in [-0.2, -0.15) is 0 Å². The van der Waals surface area contributed by atoms with Crippen LogP contribution in [0.25, 0.3) is 0 Å². The van der Waals surface area contributed by atoms with Gasteiger partial charge in [-0.05, 0) is 19.2 Å². The average molecular weight is 197 g/mol. The number of hydrogen-bond acceptors (Lipinski definition) is 3. The van der Waals surface area contributed by atoms with Crippen molar-refractivity contribution in [3.05, 3.63) is 30.3 Å². The highest BCUT2D eigenvalue weighted by atomic mass is 31.2. The average Bonchev–Trinajstić information content (AvgIpc) is 2.54. The van der Waals surface area contributed by atoms with Crippen molar-refractivity contribution < 1.29 is 9.05 Å². The van der Waals surface area contributed by atoms with E-state index in [1.807, 2.05) is 37.4 Å². The van der Waals surface area contributed by atoms with Gasteiger partial charge in [-0.3, -0.25) is 0 Å². The summed E-state index contributed by atoms with van der Waals surface area (Å²) in [5.74, 6) is 0.877. The molecule has 4 heteroatoms. The van der Waals surface area contributed by atoms with Gasteiger partial charge in [-0.15, -0.1) is 0 Å². The zero-order valence-corrected chi connectivity index (χ0v) is 8.41. The molecule has 0 aliphatic carbocycles. The predicted octanol–water partition coefficient (Wildman–Crippen LogP) is 2.25. The third kappa shape index (κ3) is 2.19. The Kier molecular flexibility index (Phi) is 2.79. The third-order valence-electron chi connectivity index (χ3n) is 1.82. The molecule has 1 fully saturated rings. The van der Waals surface area contributed by atoms with Gasteiger partial charge in [0.2, 0.25) is 0 Å². The van der Waals surface area contributed by atoms with Crippen molar-refractivity contribution in [2.45, 2.75) is 0 Å². The van der Waals surface area contributed by atoms with Gasteiger partial charge in [0, 0.05) is 6.54 Å². The molecule has 1 aromatic rings. The molecule has 1 unspecified atom stereocenters. The van der Waals surface area contributed by atoms with Crippen molar-refractivity contribution in [3.63, 3.8) is 0 Å². The number of nitrogens with zero attached hydrogens (tertiary/aromatic N) is 1. The van der Waals surface area contributed by atoms with Crippen LogP contribution < -0.4 is 4.52 Å². The third-order valence-corrected chi connectivity index (χ3v) is 3.35. The summed E-state index contributed by atoms with van der Waals surface area (Å²) in [5, 5.41) is 0. The van der Waals surface area contributed by atoms with Crippen LogP contribution in [0.5, 0.6) is 5.75 Å². The van der Waals surface area contributed by atoms with Crippen molar-refractivity contribution >= 4 is 8.53 Å². The molecular formula is C9H12NO2P. The first-order chi connectivity index (χ1) is 6.36. The van der Waals surface area contributed by atoms with Crippen LogP contribution in [0.1, 0.15) is 0 Å². The van der Waals surface area contributed by atoms with Crippen molar-refractivity contribution in [2.75, 3.05) is 20.2 Å². The van der Waals surface area contributed by atoms with Gasteiger partial charge in [0.25, 0.3) is 0 Å². The highest BCUT2D eigenvalue weighted by Crippen LogP contribution is 2.45. The summed E-state index contributed by atoms with van der Waals surface area (Å²) in [4.78, 5) is 0. The van der Waals surface area contributed by atoms with Gasteiger partial charge in [-0.1, -0.05) is 18.2 Å². The first kappa shape index (κ1) is 8.95. The van der Waals surface area contributed by atoms with Crippen LogP contribution in [0.2, 0.25) is 0 Å². The van der Waals surface area contributed by atoms with Crippen molar-refractivity contribution in [2.24, 2.45) is 0 Å². The van der Waals surface area contributed by atoms with E-state index in [2.05, 4.69) is 4.67 Å².